The summed E-state index contributed by atoms with van der Waals surface area (Å²) in [5.74, 6) is 1.43. The van der Waals surface area contributed by atoms with Crippen LogP contribution in [-0.4, -0.2) is 44.0 Å². The van der Waals surface area contributed by atoms with Crippen molar-refractivity contribution >= 4 is 22.7 Å². The highest BCUT2D eigenvalue weighted by atomic mass is 35.5. The Morgan fingerprint density at radius 1 is 1.36 bits per heavy atom. The molecule has 5 nitrogen and oxygen atoms in total. The number of benzene rings is 1. The second-order valence-electron chi connectivity index (χ2n) is 5.77. The number of carbonyl (C=O) groups is 1. The van der Waals surface area contributed by atoms with Crippen molar-refractivity contribution in [2.24, 2.45) is 10.4 Å². The molecule has 1 fully saturated rings. The van der Waals surface area contributed by atoms with Gasteiger partial charge in [0.25, 0.3) is 5.24 Å². The molecule has 22 heavy (non-hydrogen) atoms. The molecular formula is C16H19ClN2O3. The highest BCUT2D eigenvalue weighted by Crippen LogP contribution is 2.33. The summed E-state index contributed by atoms with van der Waals surface area (Å²) in [4.78, 5) is 15.6. The maximum Gasteiger partial charge on any atom is 0.259 e. The second-order valence-corrected chi connectivity index (χ2v) is 6.19. The number of carbonyl (C=O) groups excluding carboxylic acids is 1. The third-order valence-corrected chi connectivity index (χ3v) is 4.35. The Morgan fingerprint density at radius 2 is 2.14 bits per heavy atom. The van der Waals surface area contributed by atoms with E-state index in [4.69, 9.17) is 26.1 Å². The van der Waals surface area contributed by atoms with Gasteiger partial charge in [-0.25, -0.2) is 0 Å². The highest BCUT2D eigenvalue weighted by Gasteiger charge is 2.35. The first-order valence-corrected chi connectivity index (χ1v) is 7.83. The maximum atomic E-state index is 10.9. The molecule has 1 saturated heterocycles. The zero-order chi connectivity index (χ0) is 15.4. The van der Waals surface area contributed by atoms with Crippen molar-refractivity contribution in [2.45, 2.75) is 12.8 Å². The van der Waals surface area contributed by atoms with Gasteiger partial charge in [0.2, 0.25) is 0 Å². The van der Waals surface area contributed by atoms with Gasteiger partial charge in [0, 0.05) is 31.7 Å². The summed E-state index contributed by atoms with van der Waals surface area (Å²) in [6.45, 7) is 3.15. The molecule has 0 atom stereocenters. The molecule has 1 spiro atoms. The average Bonchev–Trinajstić information content (AvgIpc) is 2.55. The number of hydrogen-bond acceptors (Lipinski definition) is 5. The van der Waals surface area contributed by atoms with Gasteiger partial charge in [-0.05, 0) is 36.6 Å². The molecule has 0 amide bonds. The summed E-state index contributed by atoms with van der Waals surface area (Å²) >= 11 is 5.34. The Bertz CT molecular complexity index is 583. The van der Waals surface area contributed by atoms with E-state index in [0.717, 1.165) is 50.5 Å². The first-order valence-electron chi connectivity index (χ1n) is 7.45. The van der Waals surface area contributed by atoms with E-state index in [9.17, 15) is 4.79 Å². The summed E-state index contributed by atoms with van der Waals surface area (Å²) < 4.78 is 10.9. The fraction of sp³-hybridized carbons (Fsp3) is 0.500. The van der Waals surface area contributed by atoms with Gasteiger partial charge >= 0.3 is 0 Å². The summed E-state index contributed by atoms with van der Waals surface area (Å²) in [5.41, 5.74) is 1.08. The van der Waals surface area contributed by atoms with Gasteiger partial charge in [-0.2, -0.15) is 0 Å². The van der Waals surface area contributed by atoms with Crippen LogP contribution in [0.3, 0.4) is 0 Å². The topological polar surface area (TPSA) is 59.9 Å². The van der Waals surface area contributed by atoms with Crippen molar-refractivity contribution in [3.63, 3.8) is 0 Å². The van der Waals surface area contributed by atoms with Gasteiger partial charge in [0.05, 0.1) is 5.56 Å². The van der Waals surface area contributed by atoms with Crippen LogP contribution < -0.4 is 10.1 Å². The van der Waals surface area contributed by atoms with Crippen molar-refractivity contribution in [1.82, 2.24) is 5.32 Å². The van der Waals surface area contributed by atoms with E-state index < -0.39 is 5.24 Å². The average molecular weight is 323 g/mol. The van der Waals surface area contributed by atoms with Crippen molar-refractivity contribution in [2.75, 3.05) is 32.9 Å². The highest BCUT2D eigenvalue weighted by molar-refractivity contribution is 6.63. The third-order valence-electron chi connectivity index (χ3n) is 4.24. The van der Waals surface area contributed by atoms with Crippen LogP contribution in [0.5, 0.6) is 5.75 Å². The van der Waals surface area contributed by atoms with Gasteiger partial charge in [-0.15, -0.1) is 0 Å². The molecule has 0 radical (unpaired) electrons. The number of rotatable bonds is 4. The number of para-hydroxylation sites is 1. The smallest absolute Gasteiger partial charge is 0.259 e. The van der Waals surface area contributed by atoms with Crippen LogP contribution in [0.1, 0.15) is 18.4 Å². The Labute approximate surface area is 134 Å². The monoisotopic (exact) mass is 322 g/mol. The molecular weight excluding hydrogens is 304 g/mol. The van der Waals surface area contributed by atoms with Crippen LogP contribution in [0.4, 0.5) is 0 Å². The Morgan fingerprint density at radius 3 is 2.82 bits per heavy atom. The maximum absolute atomic E-state index is 10.9. The summed E-state index contributed by atoms with van der Waals surface area (Å²) in [5, 5.41) is 2.90. The number of nitrogens with zero attached hydrogens (tertiary/aromatic N) is 1. The SMILES string of the molecule is O=C(Cl)COc1ccccc1C1=NCC2(CCOCC2)CN1. The number of aliphatic imine (C=N–C) groups is 1. The quantitative estimate of drug-likeness (QED) is 0.861. The second kappa shape index (κ2) is 6.67. The summed E-state index contributed by atoms with van der Waals surface area (Å²) in [7, 11) is 0. The van der Waals surface area contributed by atoms with Crippen LogP contribution in [0, 0.1) is 5.41 Å². The lowest BCUT2D eigenvalue weighted by Gasteiger charge is -2.39. The molecule has 1 aromatic rings. The van der Waals surface area contributed by atoms with Crippen molar-refractivity contribution in [3.8, 4) is 5.75 Å². The number of halogens is 1. The molecule has 0 aliphatic carbocycles. The van der Waals surface area contributed by atoms with E-state index >= 15 is 0 Å². The van der Waals surface area contributed by atoms with Crippen LogP contribution in [0.25, 0.3) is 0 Å². The zero-order valence-electron chi connectivity index (χ0n) is 12.3. The molecule has 6 heteroatoms. The largest absolute Gasteiger partial charge is 0.484 e. The minimum absolute atomic E-state index is 0.146. The summed E-state index contributed by atoms with van der Waals surface area (Å²) in [6.07, 6.45) is 2.07. The molecule has 2 aliphatic rings. The van der Waals surface area contributed by atoms with Crippen LogP contribution in [-0.2, 0) is 9.53 Å². The van der Waals surface area contributed by atoms with Crippen molar-refractivity contribution in [1.29, 1.82) is 0 Å². The fourth-order valence-corrected chi connectivity index (χ4v) is 2.93. The van der Waals surface area contributed by atoms with Crippen LogP contribution in [0.2, 0.25) is 0 Å². The Kier molecular flexibility index (Phi) is 4.64. The van der Waals surface area contributed by atoms with Gasteiger partial charge in [0.15, 0.2) is 6.61 Å². The van der Waals surface area contributed by atoms with E-state index in [2.05, 4.69) is 5.32 Å². The van der Waals surface area contributed by atoms with E-state index in [1.54, 1.807) is 0 Å². The standard InChI is InChI=1S/C16H19ClN2O3/c17-14(20)9-22-13-4-2-1-3-12(13)15-18-10-16(11-19-15)5-7-21-8-6-16/h1-4H,5-11H2,(H,18,19). The Hall–Kier alpha value is -1.59. The minimum atomic E-state index is -0.519. The van der Waals surface area contributed by atoms with E-state index in [1.807, 2.05) is 24.3 Å². The summed E-state index contributed by atoms with van der Waals surface area (Å²) in [6, 6.07) is 7.54. The number of nitrogens with one attached hydrogen (secondary N) is 1. The van der Waals surface area contributed by atoms with Gasteiger partial charge < -0.3 is 14.8 Å². The molecule has 1 N–H and O–H groups in total. The zero-order valence-corrected chi connectivity index (χ0v) is 13.1. The molecule has 0 saturated carbocycles. The van der Waals surface area contributed by atoms with E-state index in [1.165, 1.54) is 0 Å². The lowest BCUT2D eigenvalue weighted by atomic mass is 9.79. The van der Waals surface area contributed by atoms with Gasteiger partial charge in [0.1, 0.15) is 11.6 Å². The minimum Gasteiger partial charge on any atom is -0.484 e. The molecule has 3 rings (SSSR count). The predicted octanol–water partition coefficient (Wildman–Crippen LogP) is 1.98. The van der Waals surface area contributed by atoms with Crippen molar-refractivity contribution in [3.05, 3.63) is 29.8 Å². The molecule has 0 bridgehead atoms. The van der Waals surface area contributed by atoms with Crippen LogP contribution in [0.15, 0.2) is 29.3 Å². The lowest BCUT2D eigenvalue weighted by molar-refractivity contribution is -0.113. The molecule has 1 aromatic carbocycles. The molecule has 118 valence electrons. The molecule has 0 unspecified atom stereocenters. The van der Waals surface area contributed by atoms with E-state index in [-0.39, 0.29) is 12.0 Å². The lowest BCUT2D eigenvalue weighted by Crippen LogP contribution is -2.47. The number of hydrogen-bond donors (Lipinski definition) is 1. The molecule has 0 aromatic heterocycles. The number of ether oxygens (including phenoxy) is 2. The first kappa shape index (κ1) is 15.3. The first-order chi connectivity index (χ1) is 10.7. The van der Waals surface area contributed by atoms with E-state index in [0.29, 0.717) is 5.75 Å². The number of amidine groups is 1. The van der Waals surface area contributed by atoms with Crippen LogP contribution >= 0.6 is 11.6 Å². The van der Waals surface area contributed by atoms with Gasteiger partial charge in [-0.3, -0.25) is 9.79 Å². The van der Waals surface area contributed by atoms with Crippen molar-refractivity contribution < 1.29 is 14.3 Å². The predicted molar refractivity (Wildman–Crippen MR) is 84.7 cm³/mol. The molecule has 2 heterocycles. The molecule has 2 aliphatic heterocycles. The Balaban J connectivity index is 1.76. The fourth-order valence-electron chi connectivity index (χ4n) is 2.87. The van der Waals surface area contributed by atoms with Gasteiger partial charge in [-0.1, -0.05) is 12.1 Å². The third kappa shape index (κ3) is 3.42. The normalized spacial score (nSPS) is 20.1.